The Morgan fingerprint density at radius 2 is 1.64 bits per heavy atom. The number of hydrogen-bond acceptors (Lipinski definition) is 4. The number of anilines is 1. The number of rotatable bonds is 3. The molecule has 1 aliphatic carbocycles. The van der Waals surface area contributed by atoms with Crippen molar-refractivity contribution in [1.82, 2.24) is 4.90 Å². The van der Waals surface area contributed by atoms with Crippen LogP contribution in [0.25, 0.3) is 0 Å². The van der Waals surface area contributed by atoms with E-state index in [1.165, 1.54) is 11.3 Å². The number of thioether (sulfide) groups is 1. The quantitative estimate of drug-likeness (QED) is 0.856. The van der Waals surface area contributed by atoms with Crippen molar-refractivity contribution in [2.75, 3.05) is 29.9 Å². The van der Waals surface area contributed by atoms with Crippen LogP contribution in [0.3, 0.4) is 0 Å². The second-order valence-electron chi connectivity index (χ2n) is 8.26. The van der Waals surface area contributed by atoms with E-state index in [1.54, 1.807) is 0 Å². The summed E-state index contributed by atoms with van der Waals surface area (Å²) in [5, 5.41) is 3.82. The van der Waals surface area contributed by atoms with Crippen molar-refractivity contribution in [2.24, 2.45) is 16.7 Å². The minimum atomic E-state index is -0.0166. The maximum Gasteiger partial charge on any atom is 0.257 e. The molecule has 2 aliphatic rings. The van der Waals surface area contributed by atoms with Gasteiger partial charge in [0.15, 0.2) is 0 Å². The van der Waals surface area contributed by atoms with Crippen molar-refractivity contribution in [2.45, 2.75) is 41.5 Å². The summed E-state index contributed by atoms with van der Waals surface area (Å²) in [7, 11) is 0. The van der Waals surface area contributed by atoms with E-state index < -0.39 is 0 Å². The highest BCUT2D eigenvalue weighted by molar-refractivity contribution is 7.99. The molecule has 0 atom stereocenters. The van der Waals surface area contributed by atoms with Gasteiger partial charge in [-0.15, -0.1) is 11.3 Å². The van der Waals surface area contributed by atoms with Crippen LogP contribution in [0.5, 0.6) is 0 Å². The highest BCUT2D eigenvalue weighted by atomic mass is 32.2. The molecule has 2 fully saturated rings. The van der Waals surface area contributed by atoms with E-state index in [2.05, 4.69) is 33.0 Å². The lowest BCUT2D eigenvalue weighted by Crippen LogP contribution is -2.38. The van der Waals surface area contributed by atoms with Crippen molar-refractivity contribution in [3.63, 3.8) is 0 Å². The maximum absolute atomic E-state index is 13.0. The zero-order chi connectivity index (χ0) is 18.6. The van der Waals surface area contributed by atoms with Gasteiger partial charge in [-0.3, -0.25) is 9.59 Å². The molecule has 0 aromatic carbocycles. The molecule has 4 nitrogen and oxygen atoms in total. The highest BCUT2D eigenvalue weighted by Crippen LogP contribution is 2.68. The monoisotopic (exact) mass is 380 g/mol. The van der Waals surface area contributed by atoms with Crippen LogP contribution in [0.1, 0.15) is 48.5 Å². The Morgan fingerprint density at radius 3 is 2.16 bits per heavy atom. The van der Waals surface area contributed by atoms with Crippen molar-refractivity contribution in [1.29, 1.82) is 0 Å². The first-order valence-electron chi connectivity index (χ1n) is 8.87. The average Bonchev–Trinajstić information content (AvgIpc) is 2.79. The van der Waals surface area contributed by atoms with E-state index in [-0.39, 0.29) is 28.6 Å². The summed E-state index contributed by atoms with van der Waals surface area (Å²) in [6, 6.07) is 0. The molecular weight excluding hydrogens is 352 g/mol. The third-order valence-corrected chi connectivity index (χ3v) is 8.48. The van der Waals surface area contributed by atoms with Crippen LogP contribution in [-0.4, -0.2) is 41.3 Å². The lowest BCUT2D eigenvalue weighted by Gasteiger charge is -2.27. The number of hydrogen-bond donors (Lipinski definition) is 1. The Bertz CT molecular complexity index is 701. The average molecular weight is 381 g/mol. The van der Waals surface area contributed by atoms with Gasteiger partial charge >= 0.3 is 0 Å². The lowest BCUT2D eigenvalue weighted by atomic mass is 10.0. The van der Waals surface area contributed by atoms with Crippen LogP contribution >= 0.6 is 23.1 Å². The summed E-state index contributed by atoms with van der Waals surface area (Å²) < 4.78 is 0. The first-order valence-corrected chi connectivity index (χ1v) is 10.8. The van der Waals surface area contributed by atoms with Gasteiger partial charge < -0.3 is 10.2 Å². The zero-order valence-electron chi connectivity index (χ0n) is 16.0. The number of aryl methyl sites for hydroxylation is 1. The van der Waals surface area contributed by atoms with Crippen molar-refractivity contribution in [3.05, 3.63) is 16.0 Å². The zero-order valence-corrected chi connectivity index (χ0v) is 17.6. The van der Waals surface area contributed by atoms with Gasteiger partial charge in [0.05, 0.1) is 5.56 Å². The number of thiophene rings is 1. The summed E-state index contributed by atoms with van der Waals surface area (Å²) in [5.74, 6) is 2.06. The summed E-state index contributed by atoms with van der Waals surface area (Å²) in [6.45, 7) is 14.1. The fourth-order valence-corrected chi connectivity index (χ4v) is 5.89. The number of nitrogens with one attached hydrogen (secondary N) is 1. The van der Waals surface area contributed by atoms with Crippen LogP contribution in [0.4, 0.5) is 5.00 Å². The van der Waals surface area contributed by atoms with Crippen molar-refractivity contribution >= 4 is 39.9 Å². The predicted molar refractivity (Wildman–Crippen MR) is 107 cm³/mol. The topological polar surface area (TPSA) is 49.4 Å². The van der Waals surface area contributed by atoms with E-state index in [1.807, 2.05) is 30.5 Å². The molecule has 1 aromatic rings. The normalized spacial score (nSPS) is 21.9. The van der Waals surface area contributed by atoms with Gasteiger partial charge in [-0.2, -0.15) is 11.8 Å². The number of carbonyl (C=O) groups is 2. The fourth-order valence-electron chi connectivity index (χ4n) is 3.93. The minimum Gasteiger partial charge on any atom is -0.337 e. The highest BCUT2D eigenvalue weighted by Gasteiger charge is 2.68. The number of nitrogens with zero attached hydrogens (tertiary/aromatic N) is 1. The molecule has 138 valence electrons. The fraction of sp³-hybridized carbons (Fsp3) is 0.684. The van der Waals surface area contributed by atoms with Gasteiger partial charge in [0, 0.05) is 35.4 Å². The molecule has 0 radical (unpaired) electrons. The van der Waals surface area contributed by atoms with E-state index >= 15 is 0 Å². The first kappa shape index (κ1) is 18.8. The molecule has 0 spiro atoms. The van der Waals surface area contributed by atoms with Crippen LogP contribution in [0.15, 0.2) is 0 Å². The molecule has 25 heavy (non-hydrogen) atoms. The third-order valence-electron chi connectivity index (χ3n) is 6.42. The van der Waals surface area contributed by atoms with Crippen molar-refractivity contribution in [3.8, 4) is 0 Å². The second-order valence-corrected chi connectivity index (χ2v) is 10.7. The lowest BCUT2D eigenvalue weighted by molar-refractivity contribution is -0.118. The molecule has 1 aromatic heterocycles. The van der Waals surface area contributed by atoms with E-state index in [4.69, 9.17) is 0 Å². The standard InChI is InChI=1S/C19H28N2O2S2/c1-11-12(2)25-16(13(11)17(23)21-7-9-24-10-8-21)20-15(22)14-18(3,4)19(14,5)6/h14H,7-10H2,1-6H3,(H,20,22). The minimum absolute atomic E-state index is 0.00724. The van der Waals surface area contributed by atoms with Crippen molar-refractivity contribution < 1.29 is 9.59 Å². The molecule has 1 saturated heterocycles. The molecule has 2 amide bonds. The molecule has 3 rings (SSSR count). The van der Waals surface area contributed by atoms with Gasteiger partial charge in [-0.25, -0.2) is 0 Å². The molecule has 1 saturated carbocycles. The Kier molecular flexibility index (Phi) is 4.73. The van der Waals surface area contributed by atoms with E-state index in [0.29, 0.717) is 5.56 Å². The maximum atomic E-state index is 13.0. The second kappa shape index (κ2) is 6.31. The summed E-state index contributed by atoms with van der Waals surface area (Å²) in [5.41, 5.74) is 1.68. The van der Waals surface area contributed by atoms with Gasteiger partial charge in [-0.1, -0.05) is 27.7 Å². The first-order chi connectivity index (χ1) is 11.6. The van der Waals surface area contributed by atoms with Gasteiger partial charge in [0.2, 0.25) is 5.91 Å². The Labute approximate surface area is 158 Å². The predicted octanol–water partition coefficient (Wildman–Crippen LogP) is 4.17. The number of carbonyl (C=O) groups excluding carboxylic acids is 2. The van der Waals surface area contributed by atoms with Crippen LogP contribution < -0.4 is 5.32 Å². The molecule has 1 aliphatic heterocycles. The Morgan fingerprint density at radius 1 is 1.08 bits per heavy atom. The summed E-state index contributed by atoms with van der Waals surface area (Å²) in [4.78, 5) is 28.9. The Balaban J connectivity index is 1.84. The molecular formula is C19H28N2O2S2. The van der Waals surface area contributed by atoms with E-state index in [0.717, 1.165) is 40.0 Å². The van der Waals surface area contributed by atoms with Gasteiger partial charge in [0.25, 0.3) is 5.91 Å². The van der Waals surface area contributed by atoms with Gasteiger partial charge in [0.1, 0.15) is 5.00 Å². The summed E-state index contributed by atoms with van der Waals surface area (Å²) >= 11 is 3.41. The molecule has 1 N–H and O–H groups in total. The van der Waals surface area contributed by atoms with E-state index in [9.17, 15) is 9.59 Å². The summed E-state index contributed by atoms with van der Waals surface area (Å²) in [6.07, 6.45) is 0. The molecule has 0 bridgehead atoms. The van der Waals surface area contributed by atoms with Crippen LogP contribution in [-0.2, 0) is 4.79 Å². The van der Waals surface area contributed by atoms with Gasteiger partial charge in [-0.05, 0) is 30.2 Å². The van der Waals surface area contributed by atoms with Crippen LogP contribution in [0, 0.1) is 30.6 Å². The molecule has 2 heterocycles. The smallest absolute Gasteiger partial charge is 0.257 e. The molecule has 0 unspecified atom stereocenters. The largest absolute Gasteiger partial charge is 0.337 e. The van der Waals surface area contributed by atoms with Crippen LogP contribution in [0.2, 0.25) is 0 Å². The SMILES string of the molecule is Cc1sc(NC(=O)C2C(C)(C)C2(C)C)c(C(=O)N2CCSCC2)c1C. The Hall–Kier alpha value is -1.01. The third kappa shape index (κ3) is 3.01. The number of amides is 2. The molecule has 6 heteroatoms.